The van der Waals surface area contributed by atoms with Crippen LogP contribution in [0.1, 0.15) is 6.92 Å². The lowest BCUT2D eigenvalue weighted by Gasteiger charge is -2.07. The van der Waals surface area contributed by atoms with Crippen molar-refractivity contribution in [2.45, 2.75) is 6.92 Å². The van der Waals surface area contributed by atoms with Gasteiger partial charge in [0, 0.05) is 11.6 Å². The van der Waals surface area contributed by atoms with Crippen LogP contribution in [0, 0.1) is 0 Å². The molecule has 18 heavy (non-hydrogen) atoms. The molecule has 5 heteroatoms. The lowest BCUT2D eigenvalue weighted by molar-refractivity contribution is 0.327. The lowest BCUT2D eigenvalue weighted by Crippen LogP contribution is -2.01. The summed E-state index contributed by atoms with van der Waals surface area (Å²) in [4.78, 5) is 8.19. The van der Waals surface area contributed by atoms with Crippen molar-refractivity contribution >= 4 is 5.95 Å². The maximum atomic E-state index is 5.66. The number of methoxy groups -OCH3 is 1. The summed E-state index contributed by atoms with van der Waals surface area (Å²) in [6.45, 7) is 2.43. The minimum Gasteiger partial charge on any atom is -0.497 e. The number of nitrogens with zero attached hydrogens (tertiary/aromatic N) is 2. The van der Waals surface area contributed by atoms with Gasteiger partial charge in [-0.15, -0.1) is 0 Å². The van der Waals surface area contributed by atoms with Crippen LogP contribution in [0.4, 0.5) is 5.95 Å². The lowest BCUT2D eigenvalue weighted by atomic mass is 10.1. The second-order valence-corrected chi connectivity index (χ2v) is 3.61. The maximum absolute atomic E-state index is 5.66. The number of aromatic nitrogens is 2. The van der Waals surface area contributed by atoms with Crippen LogP contribution in [0.15, 0.2) is 30.3 Å². The van der Waals surface area contributed by atoms with Gasteiger partial charge in [0.1, 0.15) is 5.75 Å². The van der Waals surface area contributed by atoms with Crippen LogP contribution < -0.4 is 15.2 Å². The highest BCUT2D eigenvalue weighted by Crippen LogP contribution is 2.23. The molecule has 0 unspecified atom stereocenters. The number of rotatable bonds is 4. The van der Waals surface area contributed by atoms with Crippen molar-refractivity contribution in [2.75, 3.05) is 19.5 Å². The Balaban J connectivity index is 2.36. The molecule has 0 aliphatic rings. The molecule has 1 aromatic heterocycles. The fourth-order valence-electron chi connectivity index (χ4n) is 1.57. The molecule has 2 aromatic rings. The average molecular weight is 245 g/mol. The molecule has 0 aliphatic carbocycles. The molecule has 0 amide bonds. The summed E-state index contributed by atoms with van der Waals surface area (Å²) in [7, 11) is 1.63. The summed E-state index contributed by atoms with van der Waals surface area (Å²) in [6, 6.07) is 9.33. The Hall–Kier alpha value is -2.30. The highest BCUT2D eigenvalue weighted by atomic mass is 16.5. The van der Waals surface area contributed by atoms with Gasteiger partial charge in [-0.2, -0.15) is 4.98 Å². The Kier molecular flexibility index (Phi) is 3.62. The smallest absolute Gasteiger partial charge is 0.223 e. The van der Waals surface area contributed by atoms with Gasteiger partial charge in [0.25, 0.3) is 0 Å². The zero-order chi connectivity index (χ0) is 13.0. The van der Waals surface area contributed by atoms with Gasteiger partial charge in [-0.05, 0) is 31.2 Å². The SMILES string of the molecule is CCOc1cc(-c2ccc(OC)cc2)nc(N)n1. The van der Waals surface area contributed by atoms with E-state index < -0.39 is 0 Å². The molecule has 1 heterocycles. The maximum Gasteiger partial charge on any atom is 0.223 e. The van der Waals surface area contributed by atoms with E-state index in [0.29, 0.717) is 12.5 Å². The molecule has 0 radical (unpaired) electrons. The largest absolute Gasteiger partial charge is 0.497 e. The second kappa shape index (κ2) is 5.35. The van der Waals surface area contributed by atoms with E-state index in [1.165, 1.54) is 0 Å². The number of ether oxygens (including phenoxy) is 2. The first-order chi connectivity index (χ1) is 8.72. The third-order valence-electron chi connectivity index (χ3n) is 2.40. The summed E-state index contributed by atoms with van der Waals surface area (Å²) in [5, 5.41) is 0. The van der Waals surface area contributed by atoms with Crippen molar-refractivity contribution in [3.05, 3.63) is 30.3 Å². The average Bonchev–Trinajstić information content (AvgIpc) is 2.38. The van der Waals surface area contributed by atoms with E-state index in [0.717, 1.165) is 17.0 Å². The standard InChI is InChI=1S/C13H15N3O2/c1-3-18-12-8-11(15-13(14)16-12)9-4-6-10(17-2)7-5-9/h4-8H,3H2,1-2H3,(H2,14,15,16). The summed E-state index contributed by atoms with van der Waals surface area (Å²) >= 11 is 0. The highest BCUT2D eigenvalue weighted by molar-refractivity contribution is 5.62. The van der Waals surface area contributed by atoms with E-state index in [2.05, 4.69) is 9.97 Å². The number of hydrogen-bond donors (Lipinski definition) is 1. The molecule has 2 rings (SSSR count). The summed E-state index contributed by atoms with van der Waals surface area (Å²) in [6.07, 6.45) is 0. The number of nitrogens with two attached hydrogens (primary N) is 1. The van der Waals surface area contributed by atoms with Gasteiger partial charge in [0.2, 0.25) is 11.8 Å². The predicted molar refractivity (Wildman–Crippen MR) is 69.6 cm³/mol. The normalized spacial score (nSPS) is 10.1. The first-order valence-electron chi connectivity index (χ1n) is 5.64. The molecule has 0 bridgehead atoms. The van der Waals surface area contributed by atoms with E-state index in [-0.39, 0.29) is 5.95 Å². The Labute approximate surface area is 106 Å². The van der Waals surface area contributed by atoms with Crippen LogP contribution in [0.25, 0.3) is 11.3 Å². The molecular weight excluding hydrogens is 230 g/mol. The van der Waals surface area contributed by atoms with Gasteiger partial charge < -0.3 is 15.2 Å². The summed E-state index contributed by atoms with van der Waals surface area (Å²) < 4.78 is 10.4. The third kappa shape index (κ3) is 2.68. The molecule has 0 spiro atoms. The second-order valence-electron chi connectivity index (χ2n) is 3.61. The molecule has 0 fully saturated rings. The zero-order valence-corrected chi connectivity index (χ0v) is 10.4. The van der Waals surface area contributed by atoms with Crippen LogP contribution >= 0.6 is 0 Å². The molecule has 2 N–H and O–H groups in total. The van der Waals surface area contributed by atoms with Crippen LogP contribution in [-0.2, 0) is 0 Å². The number of benzene rings is 1. The van der Waals surface area contributed by atoms with Gasteiger partial charge in [0.05, 0.1) is 19.4 Å². The van der Waals surface area contributed by atoms with Crippen molar-refractivity contribution in [3.8, 4) is 22.9 Å². The number of anilines is 1. The van der Waals surface area contributed by atoms with Gasteiger partial charge in [-0.3, -0.25) is 0 Å². The minimum absolute atomic E-state index is 0.201. The molecule has 94 valence electrons. The van der Waals surface area contributed by atoms with Crippen molar-refractivity contribution in [3.63, 3.8) is 0 Å². The van der Waals surface area contributed by atoms with Crippen molar-refractivity contribution in [2.24, 2.45) is 0 Å². The van der Waals surface area contributed by atoms with E-state index in [1.54, 1.807) is 13.2 Å². The molecule has 0 saturated carbocycles. The van der Waals surface area contributed by atoms with Gasteiger partial charge >= 0.3 is 0 Å². The molecular formula is C13H15N3O2. The van der Waals surface area contributed by atoms with Crippen LogP contribution in [0.2, 0.25) is 0 Å². The van der Waals surface area contributed by atoms with E-state index >= 15 is 0 Å². The minimum atomic E-state index is 0.201. The first-order valence-corrected chi connectivity index (χ1v) is 5.64. The molecule has 1 aromatic carbocycles. The van der Waals surface area contributed by atoms with E-state index in [4.69, 9.17) is 15.2 Å². The topological polar surface area (TPSA) is 70.3 Å². The van der Waals surface area contributed by atoms with Gasteiger partial charge in [-0.1, -0.05) is 0 Å². The van der Waals surface area contributed by atoms with Crippen LogP contribution in [-0.4, -0.2) is 23.7 Å². The van der Waals surface area contributed by atoms with Crippen LogP contribution in [0.5, 0.6) is 11.6 Å². The van der Waals surface area contributed by atoms with Crippen molar-refractivity contribution < 1.29 is 9.47 Å². The molecule has 0 saturated heterocycles. The van der Waals surface area contributed by atoms with Crippen molar-refractivity contribution in [1.82, 2.24) is 9.97 Å². The Bertz CT molecular complexity index is 526. The Morgan fingerprint density at radius 1 is 1.17 bits per heavy atom. The quantitative estimate of drug-likeness (QED) is 0.893. The summed E-state index contributed by atoms with van der Waals surface area (Å²) in [5.74, 6) is 1.48. The first kappa shape index (κ1) is 12.2. The Morgan fingerprint density at radius 3 is 2.50 bits per heavy atom. The summed E-state index contributed by atoms with van der Waals surface area (Å²) in [5.41, 5.74) is 7.32. The zero-order valence-electron chi connectivity index (χ0n) is 10.4. The van der Waals surface area contributed by atoms with Gasteiger partial charge in [0.15, 0.2) is 0 Å². The molecule has 0 atom stereocenters. The Morgan fingerprint density at radius 2 is 1.89 bits per heavy atom. The van der Waals surface area contributed by atoms with Crippen molar-refractivity contribution in [1.29, 1.82) is 0 Å². The van der Waals surface area contributed by atoms with Gasteiger partial charge in [-0.25, -0.2) is 4.98 Å². The predicted octanol–water partition coefficient (Wildman–Crippen LogP) is 2.13. The third-order valence-corrected chi connectivity index (χ3v) is 2.40. The monoisotopic (exact) mass is 245 g/mol. The molecule has 5 nitrogen and oxygen atoms in total. The van der Waals surface area contributed by atoms with E-state index in [1.807, 2.05) is 31.2 Å². The molecule has 0 aliphatic heterocycles. The van der Waals surface area contributed by atoms with E-state index in [9.17, 15) is 0 Å². The van der Waals surface area contributed by atoms with Crippen LogP contribution in [0.3, 0.4) is 0 Å². The number of nitrogen functional groups attached to an aromatic ring is 1. The fraction of sp³-hybridized carbons (Fsp3) is 0.231. The highest BCUT2D eigenvalue weighted by Gasteiger charge is 2.05. The number of hydrogen-bond acceptors (Lipinski definition) is 5. The fourth-order valence-corrected chi connectivity index (χ4v) is 1.57.